The van der Waals surface area contributed by atoms with Gasteiger partial charge in [0.1, 0.15) is 16.2 Å². The molecular weight excluding hydrogens is 427 g/mol. The van der Waals surface area contributed by atoms with E-state index < -0.39 is 17.8 Å². The number of thioether (sulfide) groups is 1. The number of phenols is 2. The van der Waals surface area contributed by atoms with E-state index in [2.05, 4.69) is 5.32 Å². The van der Waals surface area contributed by atoms with Gasteiger partial charge >= 0.3 is 0 Å². The Balaban J connectivity index is 1.61. The smallest absolute Gasteiger partial charge is 0.266 e. The number of hydrogen-bond donors (Lipinski definition) is 3. The molecule has 0 unspecified atom stereocenters. The summed E-state index contributed by atoms with van der Waals surface area (Å²) in [5.74, 6) is -1.62. The maximum absolute atomic E-state index is 13.4. The number of carbonyl (C=O) groups is 2. The lowest BCUT2D eigenvalue weighted by molar-refractivity contribution is -0.132. The van der Waals surface area contributed by atoms with Crippen molar-refractivity contribution in [3.63, 3.8) is 0 Å². The minimum Gasteiger partial charge on any atom is -0.504 e. The van der Waals surface area contributed by atoms with Gasteiger partial charge < -0.3 is 15.5 Å². The van der Waals surface area contributed by atoms with Gasteiger partial charge in [-0.3, -0.25) is 14.5 Å². The lowest BCUT2D eigenvalue weighted by Crippen LogP contribution is -2.47. The van der Waals surface area contributed by atoms with Gasteiger partial charge in [0.15, 0.2) is 11.5 Å². The van der Waals surface area contributed by atoms with E-state index in [-0.39, 0.29) is 28.3 Å². The average Bonchev–Trinajstić information content (AvgIpc) is 2.97. The molecule has 1 heterocycles. The lowest BCUT2D eigenvalue weighted by atomic mass is 10.1. The molecule has 0 spiro atoms. The summed E-state index contributed by atoms with van der Waals surface area (Å²) in [6, 6.07) is 9.47. The van der Waals surface area contributed by atoms with Gasteiger partial charge in [-0.2, -0.15) is 0 Å². The van der Waals surface area contributed by atoms with Gasteiger partial charge in [0, 0.05) is 6.54 Å². The first-order valence-electron chi connectivity index (χ1n) is 9.07. The predicted molar refractivity (Wildman–Crippen MR) is 117 cm³/mol. The summed E-state index contributed by atoms with van der Waals surface area (Å²) in [4.78, 5) is 26.8. The van der Waals surface area contributed by atoms with Crippen LogP contribution in [0.15, 0.2) is 47.4 Å². The Labute approximate surface area is 182 Å². The summed E-state index contributed by atoms with van der Waals surface area (Å²) in [5, 5.41) is 21.6. The van der Waals surface area contributed by atoms with Crippen LogP contribution in [0, 0.1) is 5.82 Å². The second kappa shape index (κ2) is 9.27. The Bertz CT molecular complexity index is 1040. The van der Waals surface area contributed by atoms with Crippen molar-refractivity contribution in [3.05, 3.63) is 64.3 Å². The molecule has 1 saturated heterocycles. The van der Waals surface area contributed by atoms with Crippen LogP contribution in [0.1, 0.15) is 18.1 Å². The zero-order chi connectivity index (χ0) is 21.8. The van der Waals surface area contributed by atoms with Gasteiger partial charge in [0.25, 0.3) is 5.91 Å². The number of halogens is 1. The third-order valence-corrected chi connectivity index (χ3v) is 5.82. The molecule has 0 saturated carbocycles. The van der Waals surface area contributed by atoms with E-state index in [0.29, 0.717) is 16.9 Å². The first kappa shape index (κ1) is 21.8. The summed E-state index contributed by atoms with van der Waals surface area (Å²) < 4.78 is 13.6. The molecule has 156 valence electrons. The Morgan fingerprint density at radius 3 is 2.73 bits per heavy atom. The lowest BCUT2D eigenvalue weighted by Gasteiger charge is -2.22. The van der Waals surface area contributed by atoms with Crippen LogP contribution in [-0.4, -0.2) is 43.8 Å². The van der Waals surface area contributed by atoms with Crippen LogP contribution in [0.2, 0.25) is 0 Å². The highest BCUT2D eigenvalue weighted by Crippen LogP contribution is 2.34. The molecule has 3 N–H and O–H groups in total. The minimum atomic E-state index is -0.816. The normalized spacial score (nSPS) is 16.2. The Morgan fingerprint density at radius 1 is 1.27 bits per heavy atom. The first-order valence-corrected chi connectivity index (χ1v) is 10.3. The third-order valence-electron chi connectivity index (χ3n) is 4.49. The molecule has 1 atom stereocenters. The van der Waals surface area contributed by atoms with E-state index in [1.807, 2.05) is 0 Å². The van der Waals surface area contributed by atoms with Crippen molar-refractivity contribution in [1.82, 2.24) is 10.2 Å². The molecule has 2 amide bonds. The SMILES string of the molecule is C[C@@H](C(=O)NCCc1ccc(O)c(O)c1)N1C(=O)/C(=C\c2cccc(F)c2)SC1=S. The van der Waals surface area contributed by atoms with Crippen molar-refractivity contribution in [2.24, 2.45) is 0 Å². The van der Waals surface area contributed by atoms with E-state index >= 15 is 0 Å². The zero-order valence-electron chi connectivity index (χ0n) is 16.0. The number of hydrogen-bond acceptors (Lipinski definition) is 6. The molecule has 0 radical (unpaired) electrons. The standard InChI is InChI=1S/C21H19FN2O4S2/c1-12(19(27)23-8-7-13-5-6-16(25)17(26)10-13)24-20(28)18(30-21(24)29)11-14-3-2-4-15(22)9-14/h2-6,9-12,25-26H,7-8H2,1H3,(H,23,27)/b18-11+/t12-/m0/s1. The maximum Gasteiger partial charge on any atom is 0.266 e. The number of nitrogens with one attached hydrogen (secondary N) is 1. The fraction of sp³-hybridized carbons (Fsp3) is 0.190. The summed E-state index contributed by atoms with van der Waals surface area (Å²) >= 11 is 6.34. The van der Waals surface area contributed by atoms with Crippen LogP contribution in [0.3, 0.4) is 0 Å². The molecule has 1 fully saturated rings. The van der Waals surface area contributed by atoms with Crippen LogP contribution >= 0.6 is 24.0 Å². The molecule has 0 bridgehead atoms. The summed E-state index contributed by atoms with van der Waals surface area (Å²) in [6.45, 7) is 1.86. The highest BCUT2D eigenvalue weighted by atomic mass is 32.2. The molecule has 30 heavy (non-hydrogen) atoms. The predicted octanol–water partition coefficient (Wildman–Crippen LogP) is 3.19. The van der Waals surface area contributed by atoms with E-state index in [0.717, 1.165) is 17.3 Å². The average molecular weight is 447 g/mol. The molecular formula is C21H19FN2O4S2. The van der Waals surface area contributed by atoms with Crippen LogP contribution in [0.25, 0.3) is 6.08 Å². The molecule has 0 aromatic heterocycles. The number of thiocarbonyl (C=S) groups is 1. The van der Waals surface area contributed by atoms with Crippen molar-refractivity contribution in [2.75, 3.05) is 6.54 Å². The van der Waals surface area contributed by atoms with Crippen molar-refractivity contribution >= 4 is 46.2 Å². The number of carbonyl (C=O) groups excluding carboxylic acids is 2. The Kier molecular flexibility index (Phi) is 6.73. The molecule has 1 aliphatic heterocycles. The van der Waals surface area contributed by atoms with Gasteiger partial charge in [-0.25, -0.2) is 4.39 Å². The van der Waals surface area contributed by atoms with Crippen LogP contribution in [0.5, 0.6) is 11.5 Å². The quantitative estimate of drug-likeness (QED) is 0.359. The first-order chi connectivity index (χ1) is 14.3. The number of benzene rings is 2. The molecule has 2 aromatic rings. The van der Waals surface area contributed by atoms with Crippen molar-refractivity contribution in [2.45, 2.75) is 19.4 Å². The maximum atomic E-state index is 13.4. The molecule has 3 rings (SSSR count). The van der Waals surface area contributed by atoms with Crippen LogP contribution < -0.4 is 5.32 Å². The monoisotopic (exact) mass is 446 g/mol. The number of amides is 2. The number of phenolic OH excluding ortho intramolecular Hbond substituents is 2. The van der Waals surface area contributed by atoms with Gasteiger partial charge in [0.2, 0.25) is 5.91 Å². The second-order valence-electron chi connectivity index (χ2n) is 6.65. The number of aromatic hydroxyl groups is 2. The highest BCUT2D eigenvalue weighted by Gasteiger charge is 2.38. The summed E-state index contributed by atoms with van der Waals surface area (Å²) in [5.41, 5.74) is 1.27. The zero-order valence-corrected chi connectivity index (χ0v) is 17.6. The van der Waals surface area contributed by atoms with Gasteiger partial charge in [-0.1, -0.05) is 42.2 Å². The van der Waals surface area contributed by atoms with Crippen molar-refractivity contribution in [3.8, 4) is 11.5 Å². The number of nitrogens with zero attached hydrogens (tertiary/aromatic N) is 1. The fourth-order valence-corrected chi connectivity index (χ4v) is 4.30. The Hall–Kier alpha value is -2.91. The molecule has 1 aliphatic rings. The van der Waals surface area contributed by atoms with E-state index in [1.165, 1.54) is 29.2 Å². The largest absolute Gasteiger partial charge is 0.504 e. The van der Waals surface area contributed by atoms with Gasteiger partial charge in [0.05, 0.1) is 4.91 Å². The van der Waals surface area contributed by atoms with E-state index in [9.17, 15) is 24.2 Å². The van der Waals surface area contributed by atoms with E-state index in [1.54, 1.807) is 31.2 Å². The fourth-order valence-electron chi connectivity index (χ4n) is 2.88. The molecule has 0 aliphatic carbocycles. The molecule has 9 heteroatoms. The second-order valence-corrected chi connectivity index (χ2v) is 8.32. The van der Waals surface area contributed by atoms with E-state index in [4.69, 9.17) is 12.2 Å². The van der Waals surface area contributed by atoms with Gasteiger partial charge in [-0.15, -0.1) is 0 Å². The summed E-state index contributed by atoms with van der Waals surface area (Å²) in [6.07, 6.45) is 1.98. The molecule has 6 nitrogen and oxygen atoms in total. The number of rotatable bonds is 6. The van der Waals surface area contributed by atoms with Crippen LogP contribution in [-0.2, 0) is 16.0 Å². The molecule has 2 aromatic carbocycles. The minimum absolute atomic E-state index is 0.211. The third kappa shape index (κ3) is 4.98. The van der Waals surface area contributed by atoms with Crippen molar-refractivity contribution in [1.29, 1.82) is 0 Å². The van der Waals surface area contributed by atoms with Crippen molar-refractivity contribution < 1.29 is 24.2 Å². The summed E-state index contributed by atoms with van der Waals surface area (Å²) in [7, 11) is 0. The van der Waals surface area contributed by atoms with Crippen LogP contribution in [0.4, 0.5) is 4.39 Å². The Morgan fingerprint density at radius 2 is 2.03 bits per heavy atom. The highest BCUT2D eigenvalue weighted by molar-refractivity contribution is 8.26. The van der Waals surface area contributed by atoms with Gasteiger partial charge in [-0.05, 0) is 54.8 Å². The topological polar surface area (TPSA) is 89.9 Å².